The molecule has 0 saturated heterocycles. The molecule has 0 bridgehead atoms. The first-order chi connectivity index (χ1) is 12.6. The molecule has 0 heterocycles. The van der Waals surface area contributed by atoms with Crippen LogP contribution in [0.3, 0.4) is 0 Å². The minimum Gasteiger partial charge on any atom is -0.493 e. The maximum Gasteiger partial charge on any atom is 0.267 e. The lowest BCUT2D eigenvalue weighted by molar-refractivity contribution is -0.112. The van der Waals surface area contributed by atoms with E-state index < -0.39 is 5.91 Å². The van der Waals surface area contributed by atoms with Crippen LogP contribution in [0.4, 0.5) is 5.69 Å². The van der Waals surface area contributed by atoms with Gasteiger partial charge in [0.1, 0.15) is 11.6 Å². The molecule has 0 unspecified atom stereocenters. The summed E-state index contributed by atoms with van der Waals surface area (Å²) in [6.45, 7) is 0.464. The SMILES string of the molecule is COc1ccc(NC(=O)/C(C#N)=C\NCc2ccc(Cl)cc2)cc1OC. The molecule has 0 saturated carbocycles. The first kappa shape index (κ1) is 19.2. The van der Waals surface area contributed by atoms with Crippen LogP contribution < -0.4 is 20.1 Å². The number of carbonyl (C=O) groups excluding carboxylic acids is 1. The van der Waals surface area contributed by atoms with Crippen molar-refractivity contribution in [2.75, 3.05) is 19.5 Å². The van der Waals surface area contributed by atoms with Crippen molar-refractivity contribution < 1.29 is 14.3 Å². The standard InChI is InChI=1S/C19H18ClN3O3/c1-25-17-8-7-16(9-18(17)26-2)23-19(24)14(10-21)12-22-11-13-3-5-15(20)6-4-13/h3-9,12,22H,11H2,1-2H3,(H,23,24)/b14-12-. The van der Waals surface area contributed by atoms with Gasteiger partial charge in [-0.25, -0.2) is 0 Å². The smallest absolute Gasteiger partial charge is 0.267 e. The van der Waals surface area contributed by atoms with Crippen LogP contribution >= 0.6 is 11.6 Å². The van der Waals surface area contributed by atoms with E-state index in [1.54, 1.807) is 30.3 Å². The number of anilines is 1. The second kappa shape index (κ2) is 9.35. The highest BCUT2D eigenvalue weighted by Crippen LogP contribution is 2.29. The third-order valence-corrected chi connectivity index (χ3v) is 3.72. The van der Waals surface area contributed by atoms with Crippen LogP contribution in [0.25, 0.3) is 0 Å². The van der Waals surface area contributed by atoms with Crippen LogP contribution in [-0.4, -0.2) is 20.1 Å². The molecule has 0 radical (unpaired) electrons. The molecule has 134 valence electrons. The predicted molar refractivity (Wildman–Crippen MR) is 100 cm³/mol. The number of nitriles is 1. The zero-order valence-corrected chi connectivity index (χ0v) is 15.1. The van der Waals surface area contributed by atoms with Gasteiger partial charge in [0.25, 0.3) is 5.91 Å². The molecule has 6 nitrogen and oxygen atoms in total. The van der Waals surface area contributed by atoms with E-state index in [0.717, 1.165) is 5.56 Å². The van der Waals surface area contributed by atoms with Crippen molar-refractivity contribution in [1.82, 2.24) is 5.32 Å². The average molecular weight is 372 g/mol. The van der Waals surface area contributed by atoms with Crippen molar-refractivity contribution in [3.05, 3.63) is 64.8 Å². The zero-order chi connectivity index (χ0) is 18.9. The first-order valence-electron chi connectivity index (χ1n) is 7.69. The maximum atomic E-state index is 12.3. The quantitative estimate of drug-likeness (QED) is 0.575. The summed E-state index contributed by atoms with van der Waals surface area (Å²) < 4.78 is 10.3. The molecule has 1 amide bonds. The summed E-state index contributed by atoms with van der Waals surface area (Å²) in [5.74, 6) is 0.503. The molecule has 2 aromatic carbocycles. The molecule has 2 aromatic rings. The molecular weight excluding hydrogens is 354 g/mol. The number of ether oxygens (including phenoxy) is 2. The summed E-state index contributed by atoms with van der Waals surface area (Å²) in [5, 5.41) is 15.5. The molecule has 0 aliphatic carbocycles. The van der Waals surface area contributed by atoms with E-state index in [1.807, 2.05) is 18.2 Å². The second-order valence-electron chi connectivity index (χ2n) is 5.20. The second-order valence-corrected chi connectivity index (χ2v) is 5.64. The number of amides is 1. The Kier molecular flexibility index (Phi) is 6.89. The Bertz CT molecular complexity index is 842. The summed E-state index contributed by atoms with van der Waals surface area (Å²) in [5.41, 5.74) is 1.42. The van der Waals surface area contributed by atoms with Gasteiger partial charge in [0, 0.05) is 29.5 Å². The monoisotopic (exact) mass is 371 g/mol. The number of rotatable bonds is 7. The van der Waals surface area contributed by atoms with Gasteiger partial charge >= 0.3 is 0 Å². The van der Waals surface area contributed by atoms with Gasteiger partial charge in [0.2, 0.25) is 0 Å². The average Bonchev–Trinajstić information content (AvgIpc) is 2.66. The highest BCUT2D eigenvalue weighted by atomic mass is 35.5. The molecule has 0 aromatic heterocycles. The molecule has 0 atom stereocenters. The number of nitrogens with zero attached hydrogens (tertiary/aromatic N) is 1. The van der Waals surface area contributed by atoms with Gasteiger partial charge in [-0.15, -0.1) is 0 Å². The van der Waals surface area contributed by atoms with Crippen molar-refractivity contribution in [2.45, 2.75) is 6.54 Å². The van der Waals surface area contributed by atoms with Crippen LogP contribution in [0.15, 0.2) is 54.2 Å². The van der Waals surface area contributed by atoms with Crippen molar-refractivity contribution in [3.8, 4) is 17.6 Å². The van der Waals surface area contributed by atoms with E-state index in [4.69, 9.17) is 21.1 Å². The van der Waals surface area contributed by atoms with Crippen molar-refractivity contribution in [1.29, 1.82) is 5.26 Å². The molecule has 26 heavy (non-hydrogen) atoms. The maximum absolute atomic E-state index is 12.3. The van der Waals surface area contributed by atoms with E-state index in [9.17, 15) is 10.1 Å². The third-order valence-electron chi connectivity index (χ3n) is 3.47. The molecule has 7 heteroatoms. The lowest BCUT2D eigenvalue weighted by atomic mass is 10.2. The van der Waals surface area contributed by atoms with Crippen molar-refractivity contribution in [3.63, 3.8) is 0 Å². The number of benzene rings is 2. The largest absolute Gasteiger partial charge is 0.493 e. The van der Waals surface area contributed by atoms with E-state index >= 15 is 0 Å². The van der Waals surface area contributed by atoms with Gasteiger partial charge in [-0.2, -0.15) is 5.26 Å². The van der Waals surface area contributed by atoms with E-state index in [2.05, 4.69) is 10.6 Å². The van der Waals surface area contributed by atoms with Gasteiger partial charge in [-0.1, -0.05) is 23.7 Å². The number of halogens is 1. The zero-order valence-electron chi connectivity index (χ0n) is 14.4. The highest BCUT2D eigenvalue weighted by molar-refractivity contribution is 6.30. The number of hydrogen-bond acceptors (Lipinski definition) is 5. The summed E-state index contributed by atoms with van der Waals surface area (Å²) in [6, 6.07) is 14.1. The molecule has 0 spiro atoms. The fraction of sp³-hybridized carbons (Fsp3) is 0.158. The van der Waals surface area contributed by atoms with Gasteiger partial charge in [-0.05, 0) is 29.8 Å². The van der Waals surface area contributed by atoms with Crippen LogP contribution in [0.1, 0.15) is 5.56 Å². The Labute approximate surface area is 157 Å². The lowest BCUT2D eigenvalue weighted by Gasteiger charge is -2.10. The van der Waals surface area contributed by atoms with Crippen LogP contribution in [0.2, 0.25) is 5.02 Å². The number of nitrogens with one attached hydrogen (secondary N) is 2. The summed E-state index contributed by atoms with van der Waals surface area (Å²) in [4.78, 5) is 12.3. The summed E-state index contributed by atoms with van der Waals surface area (Å²) in [7, 11) is 3.03. The molecule has 0 aliphatic rings. The van der Waals surface area contributed by atoms with E-state index in [0.29, 0.717) is 28.8 Å². The normalized spacial score (nSPS) is 10.6. The Hall–Kier alpha value is -3.17. The molecule has 2 N–H and O–H groups in total. The Morgan fingerprint density at radius 2 is 1.85 bits per heavy atom. The topological polar surface area (TPSA) is 83.4 Å². The van der Waals surface area contributed by atoms with Crippen LogP contribution in [0.5, 0.6) is 11.5 Å². The van der Waals surface area contributed by atoms with Crippen LogP contribution in [-0.2, 0) is 11.3 Å². The Balaban J connectivity index is 2.01. The predicted octanol–water partition coefficient (Wildman–Crippen LogP) is 3.49. The molecule has 0 fully saturated rings. The van der Waals surface area contributed by atoms with Crippen molar-refractivity contribution >= 4 is 23.2 Å². The number of methoxy groups -OCH3 is 2. The third kappa shape index (κ3) is 5.16. The molecule has 2 rings (SSSR count). The molecular formula is C19H18ClN3O3. The number of hydrogen-bond donors (Lipinski definition) is 2. The first-order valence-corrected chi connectivity index (χ1v) is 8.06. The minimum absolute atomic E-state index is 0.0475. The van der Waals surface area contributed by atoms with E-state index in [-0.39, 0.29) is 5.57 Å². The van der Waals surface area contributed by atoms with Crippen molar-refractivity contribution in [2.24, 2.45) is 0 Å². The van der Waals surface area contributed by atoms with Gasteiger partial charge in [0.15, 0.2) is 11.5 Å². The fourth-order valence-corrected chi connectivity index (χ4v) is 2.26. The van der Waals surface area contributed by atoms with Crippen LogP contribution in [0, 0.1) is 11.3 Å². The van der Waals surface area contributed by atoms with Gasteiger partial charge < -0.3 is 20.1 Å². The summed E-state index contributed by atoms with van der Waals surface area (Å²) >= 11 is 5.83. The lowest BCUT2D eigenvalue weighted by Crippen LogP contribution is -2.16. The molecule has 0 aliphatic heterocycles. The van der Waals surface area contributed by atoms with Gasteiger partial charge in [-0.3, -0.25) is 4.79 Å². The van der Waals surface area contributed by atoms with E-state index in [1.165, 1.54) is 20.4 Å². The minimum atomic E-state index is -0.525. The highest BCUT2D eigenvalue weighted by Gasteiger charge is 2.11. The number of carbonyl (C=O) groups is 1. The summed E-state index contributed by atoms with van der Waals surface area (Å²) in [6.07, 6.45) is 1.38. The Morgan fingerprint density at radius 3 is 2.46 bits per heavy atom. The Morgan fingerprint density at radius 1 is 1.15 bits per heavy atom. The fourth-order valence-electron chi connectivity index (χ4n) is 2.13. The van der Waals surface area contributed by atoms with Gasteiger partial charge in [0.05, 0.1) is 14.2 Å².